The number of rotatable bonds is 2. The van der Waals surface area contributed by atoms with Crippen LogP contribution in [0, 0.1) is 11.2 Å². The number of ether oxygens (including phenoxy) is 2. The van der Waals surface area contributed by atoms with Crippen LogP contribution in [0.3, 0.4) is 0 Å². The number of nitrogens with two attached hydrogens (primary N) is 1. The van der Waals surface area contributed by atoms with Crippen LogP contribution in [0.25, 0.3) is 0 Å². The summed E-state index contributed by atoms with van der Waals surface area (Å²) in [6.45, 7) is 8.73. The van der Waals surface area contributed by atoms with Crippen LogP contribution < -0.4 is 10.5 Å². The van der Waals surface area contributed by atoms with Crippen LogP contribution in [-0.2, 0) is 16.1 Å². The number of benzene rings is 1. The molecule has 1 saturated heterocycles. The summed E-state index contributed by atoms with van der Waals surface area (Å²) in [5, 5.41) is 0. The SMILES string of the molecule is CC.CC1COc2cc(C(N)=O)cc(F)c2CN1C(=O)C1(C)COC1. The first kappa shape index (κ1) is 19.2. The number of carbonyl (C=O) groups is 2. The van der Waals surface area contributed by atoms with Crippen LogP contribution in [0.4, 0.5) is 4.39 Å². The number of nitrogens with zero attached hydrogens (tertiary/aromatic N) is 1. The van der Waals surface area contributed by atoms with Crippen LogP contribution >= 0.6 is 0 Å². The molecule has 1 aromatic carbocycles. The molecule has 0 spiro atoms. The number of halogens is 1. The van der Waals surface area contributed by atoms with E-state index in [1.807, 2.05) is 27.7 Å². The Morgan fingerprint density at radius 1 is 1.32 bits per heavy atom. The Labute approximate surface area is 147 Å². The average molecular weight is 352 g/mol. The number of fused-ring (bicyclic) bond motifs is 1. The van der Waals surface area contributed by atoms with Gasteiger partial charge in [0.25, 0.3) is 0 Å². The third-order valence-electron chi connectivity index (χ3n) is 4.40. The van der Waals surface area contributed by atoms with Gasteiger partial charge in [0.1, 0.15) is 18.2 Å². The molecule has 6 nitrogen and oxygen atoms in total. The molecular formula is C18H25FN2O4. The van der Waals surface area contributed by atoms with Crippen molar-refractivity contribution in [3.8, 4) is 5.75 Å². The Kier molecular flexibility index (Phi) is 5.67. The third kappa shape index (κ3) is 3.61. The summed E-state index contributed by atoms with van der Waals surface area (Å²) in [6.07, 6.45) is 0. The minimum Gasteiger partial charge on any atom is -0.491 e. The highest BCUT2D eigenvalue weighted by atomic mass is 19.1. The van der Waals surface area contributed by atoms with Crippen molar-refractivity contribution in [1.29, 1.82) is 0 Å². The van der Waals surface area contributed by atoms with Crippen LogP contribution in [0.1, 0.15) is 43.6 Å². The monoisotopic (exact) mass is 352 g/mol. The second kappa shape index (κ2) is 7.39. The molecule has 0 bridgehead atoms. The number of primary amides is 1. The molecule has 2 heterocycles. The summed E-state index contributed by atoms with van der Waals surface area (Å²) in [4.78, 5) is 25.6. The quantitative estimate of drug-likeness (QED) is 0.884. The minimum atomic E-state index is -0.723. The Balaban J connectivity index is 0.00000109. The second-order valence-electron chi connectivity index (χ2n) is 6.45. The van der Waals surface area contributed by atoms with Crippen LogP contribution in [0.5, 0.6) is 5.75 Å². The summed E-state index contributed by atoms with van der Waals surface area (Å²) >= 11 is 0. The van der Waals surface area contributed by atoms with E-state index in [-0.39, 0.29) is 42.0 Å². The lowest BCUT2D eigenvalue weighted by molar-refractivity contribution is -0.171. The van der Waals surface area contributed by atoms with E-state index >= 15 is 0 Å². The van der Waals surface area contributed by atoms with Crippen molar-refractivity contribution in [3.05, 3.63) is 29.1 Å². The zero-order valence-electron chi connectivity index (χ0n) is 15.1. The molecule has 1 unspecified atom stereocenters. The van der Waals surface area contributed by atoms with E-state index in [1.165, 1.54) is 6.07 Å². The molecule has 0 radical (unpaired) electrons. The van der Waals surface area contributed by atoms with Crippen LogP contribution in [0.2, 0.25) is 0 Å². The lowest BCUT2D eigenvalue weighted by atomic mass is 9.86. The van der Waals surface area contributed by atoms with Gasteiger partial charge in [-0.3, -0.25) is 9.59 Å². The van der Waals surface area contributed by atoms with Crippen molar-refractivity contribution < 1.29 is 23.5 Å². The first-order valence-electron chi connectivity index (χ1n) is 8.46. The fourth-order valence-electron chi connectivity index (χ4n) is 2.81. The van der Waals surface area contributed by atoms with Gasteiger partial charge in [-0.05, 0) is 26.0 Å². The largest absolute Gasteiger partial charge is 0.491 e. The second-order valence-corrected chi connectivity index (χ2v) is 6.45. The standard InChI is InChI=1S/C16H19FN2O4.C2H6/c1-9-6-23-13-4-10(14(18)20)3-12(17)11(13)5-19(9)15(21)16(2)7-22-8-16;1-2/h3-4,9H,5-8H2,1-2H3,(H2,18,20);1-2H3. The van der Waals surface area contributed by atoms with Gasteiger partial charge in [0.05, 0.1) is 31.2 Å². The highest BCUT2D eigenvalue weighted by Crippen LogP contribution is 2.34. The molecule has 2 aliphatic rings. The van der Waals surface area contributed by atoms with E-state index in [4.69, 9.17) is 15.2 Å². The molecule has 138 valence electrons. The first-order chi connectivity index (χ1) is 11.8. The number of hydrogen-bond donors (Lipinski definition) is 1. The number of hydrogen-bond acceptors (Lipinski definition) is 4. The summed E-state index contributed by atoms with van der Waals surface area (Å²) in [6, 6.07) is 2.29. The fraction of sp³-hybridized carbons (Fsp3) is 0.556. The smallest absolute Gasteiger partial charge is 0.248 e. The van der Waals surface area contributed by atoms with E-state index in [9.17, 15) is 14.0 Å². The van der Waals surface area contributed by atoms with Crippen molar-refractivity contribution in [2.24, 2.45) is 11.1 Å². The van der Waals surface area contributed by atoms with Gasteiger partial charge < -0.3 is 20.1 Å². The highest BCUT2D eigenvalue weighted by Gasteiger charge is 2.45. The molecule has 2 aliphatic heterocycles. The van der Waals surface area contributed by atoms with Crippen molar-refractivity contribution in [3.63, 3.8) is 0 Å². The maximum absolute atomic E-state index is 14.4. The maximum atomic E-state index is 14.4. The minimum absolute atomic E-state index is 0.0491. The molecule has 2 N–H and O–H groups in total. The van der Waals surface area contributed by atoms with E-state index in [0.717, 1.165) is 6.07 Å². The highest BCUT2D eigenvalue weighted by molar-refractivity contribution is 5.93. The molecule has 1 atom stereocenters. The molecule has 2 amide bonds. The fourth-order valence-corrected chi connectivity index (χ4v) is 2.81. The Morgan fingerprint density at radius 3 is 2.48 bits per heavy atom. The maximum Gasteiger partial charge on any atom is 0.248 e. The topological polar surface area (TPSA) is 81.9 Å². The predicted octanol–water partition coefficient (Wildman–Crippen LogP) is 2.10. The lowest BCUT2D eigenvalue weighted by Gasteiger charge is -2.41. The Morgan fingerprint density at radius 2 is 1.96 bits per heavy atom. The molecule has 1 fully saturated rings. The van der Waals surface area contributed by atoms with Gasteiger partial charge in [0, 0.05) is 11.1 Å². The molecule has 25 heavy (non-hydrogen) atoms. The van der Waals surface area contributed by atoms with Crippen molar-refractivity contribution >= 4 is 11.8 Å². The molecule has 0 saturated carbocycles. The van der Waals surface area contributed by atoms with Crippen molar-refractivity contribution in [1.82, 2.24) is 4.90 Å². The van der Waals surface area contributed by atoms with Gasteiger partial charge in [-0.2, -0.15) is 0 Å². The third-order valence-corrected chi connectivity index (χ3v) is 4.40. The first-order valence-corrected chi connectivity index (χ1v) is 8.46. The van der Waals surface area contributed by atoms with Gasteiger partial charge >= 0.3 is 0 Å². The van der Waals surface area contributed by atoms with Crippen LogP contribution in [-0.4, -0.2) is 42.6 Å². The molecular weight excluding hydrogens is 327 g/mol. The van der Waals surface area contributed by atoms with Crippen LogP contribution in [0.15, 0.2) is 12.1 Å². The van der Waals surface area contributed by atoms with E-state index < -0.39 is 17.1 Å². The molecule has 0 aliphatic carbocycles. The molecule has 1 aromatic rings. The van der Waals surface area contributed by atoms with Gasteiger partial charge in [-0.15, -0.1) is 0 Å². The van der Waals surface area contributed by atoms with Crippen molar-refractivity contribution in [2.75, 3.05) is 19.8 Å². The van der Waals surface area contributed by atoms with Gasteiger partial charge in [0.15, 0.2) is 0 Å². The van der Waals surface area contributed by atoms with Gasteiger partial charge in [0.2, 0.25) is 11.8 Å². The summed E-state index contributed by atoms with van der Waals surface area (Å²) < 4.78 is 25.1. The van der Waals surface area contributed by atoms with E-state index in [1.54, 1.807) is 4.90 Å². The number of carbonyl (C=O) groups excluding carboxylic acids is 2. The average Bonchev–Trinajstić information content (AvgIpc) is 2.73. The van der Waals surface area contributed by atoms with E-state index in [2.05, 4.69) is 0 Å². The Bertz CT molecular complexity index is 673. The zero-order valence-corrected chi connectivity index (χ0v) is 15.1. The molecule has 3 rings (SSSR count). The summed E-state index contributed by atoms with van der Waals surface area (Å²) in [7, 11) is 0. The normalized spacial score (nSPS) is 20.8. The summed E-state index contributed by atoms with van der Waals surface area (Å²) in [5.41, 5.74) is 4.94. The zero-order chi connectivity index (χ0) is 18.8. The number of amides is 2. The Hall–Kier alpha value is -2.15. The lowest BCUT2D eigenvalue weighted by Crippen LogP contribution is -2.55. The van der Waals surface area contributed by atoms with Gasteiger partial charge in [-0.1, -0.05) is 13.8 Å². The van der Waals surface area contributed by atoms with Gasteiger partial charge in [-0.25, -0.2) is 4.39 Å². The predicted molar refractivity (Wildman–Crippen MR) is 90.7 cm³/mol. The molecule has 0 aromatic heterocycles. The van der Waals surface area contributed by atoms with Crippen molar-refractivity contribution in [2.45, 2.75) is 40.3 Å². The molecule has 7 heteroatoms. The van der Waals surface area contributed by atoms with E-state index in [0.29, 0.717) is 13.2 Å². The summed E-state index contributed by atoms with van der Waals surface area (Å²) in [5.74, 6) is -1.14.